The zero-order chi connectivity index (χ0) is 21.5. The molecular formula is C25H29N3O2. The Morgan fingerprint density at radius 2 is 1.80 bits per heavy atom. The Morgan fingerprint density at radius 3 is 2.43 bits per heavy atom. The van der Waals surface area contributed by atoms with Crippen molar-refractivity contribution in [2.45, 2.75) is 26.2 Å². The van der Waals surface area contributed by atoms with Gasteiger partial charge in [0.25, 0.3) is 0 Å². The van der Waals surface area contributed by atoms with Gasteiger partial charge in [-0.25, -0.2) is 0 Å². The van der Waals surface area contributed by atoms with Gasteiger partial charge in [-0.05, 0) is 54.8 Å². The predicted octanol–water partition coefficient (Wildman–Crippen LogP) is 4.53. The number of aryl methyl sites for hydroxylation is 2. The largest absolute Gasteiger partial charge is 0.411 e. The molecule has 0 spiro atoms. The van der Waals surface area contributed by atoms with Crippen molar-refractivity contribution < 1.29 is 10.3 Å². The Balaban J connectivity index is 1.98. The van der Waals surface area contributed by atoms with Gasteiger partial charge in [0, 0.05) is 49.1 Å². The summed E-state index contributed by atoms with van der Waals surface area (Å²) < 4.78 is 0. The molecule has 2 aromatic carbocycles. The lowest BCUT2D eigenvalue weighted by Gasteiger charge is -2.23. The van der Waals surface area contributed by atoms with E-state index in [-0.39, 0.29) is 12.5 Å². The van der Waals surface area contributed by atoms with E-state index in [9.17, 15) is 10.3 Å². The fourth-order valence-electron chi connectivity index (χ4n) is 3.76. The Hall–Kier alpha value is -3.18. The first-order chi connectivity index (χ1) is 14.5. The Labute approximate surface area is 178 Å². The maximum absolute atomic E-state index is 9.80. The number of oxime groups is 1. The van der Waals surface area contributed by atoms with Crippen LogP contribution in [-0.4, -0.2) is 41.2 Å². The number of benzene rings is 2. The molecule has 156 valence electrons. The van der Waals surface area contributed by atoms with E-state index >= 15 is 0 Å². The van der Waals surface area contributed by atoms with E-state index in [4.69, 9.17) is 0 Å². The van der Waals surface area contributed by atoms with E-state index < -0.39 is 0 Å². The van der Waals surface area contributed by atoms with Crippen LogP contribution in [0.2, 0.25) is 0 Å². The van der Waals surface area contributed by atoms with Crippen molar-refractivity contribution in [1.29, 1.82) is 0 Å². The van der Waals surface area contributed by atoms with Crippen LogP contribution < -0.4 is 4.90 Å². The molecule has 0 amide bonds. The second-order valence-corrected chi connectivity index (χ2v) is 7.58. The number of hydrogen-bond donors (Lipinski definition) is 2. The lowest BCUT2D eigenvalue weighted by atomic mass is 9.83. The lowest BCUT2D eigenvalue weighted by Crippen LogP contribution is -2.21. The van der Waals surface area contributed by atoms with Crippen LogP contribution in [0.5, 0.6) is 0 Å². The molecule has 1 atom stereocenters. The summed E-state index contributed by atoms with van der Waals surface area (Å²) in [7, 11) is 1.96. The van der Waals surface area contributed by atoms with E-state index in [1.807, 2.05) is 43.1 Å². The summed E-state index contributed by atoms with van der Waals surface area (Å²) in [4.78, 5) is 6.27. The van der Waals surface area contributed by atoms with Crippen LogP contribution in [-0.2, 0) is 0 Å². The van der Waals surface area contributed by atoms with Crippen molar-refractivity contribution in [3.8, 4) is 0 Å². The minimum Gasteiger partial charge on any atom is -0.411 e. The third-order valence-corrected chi connectivity index (χ3v) is 5.48. The zero-order valence-electron chi connectivity index (χ0n) is 17.8. The quantitative estimate of drug-likeness (QED) is 0.329. The van der Waals surface area contributed by atoms with Crippen LogP contribution in [0.4, 0.5) is 5.69 Å². The molecule has 2 N–H and O–H groups in total. The molecule has 0 aliphatic heterocycles. The van der Waals surface area contributed by atoms with Gasteiger partial charge < -0.3 is 15.2 Å². The summed E-state index contributed by atoms with van der Waals surface area (Å²) in [5.41, 5.74) is 7.01. The van der Waals surface area contributed by atoms with Crippen LogP contribution in [0, 0.1) is 13.8 Å². The van der Waals surface area contributed by atoms with Crippen molar-refractivity contribution in [1.82, 2.24) is 4.98 Å². The smallest absolute Gasteiger partial charge is 0.0878 e. The molecule has 5 nitrogen and oxygen atoms in total. The third kappa shape index (κ3) is 5.05. The van der Waals surface area contributed by atoms with Gasteiger partial charge in [-0.2, -0.15) is 0 Å². The normalized spacial score (nSPS) is 12.6. The highest BCUT2D eigenvalue weighted by Gasteiger charge is 2.20. The van der Waals surface area contributed by atoms with Crippen molar-refractivity contribution in [3.05, 3.63) is 94.8 Å². The average molecular weight is 404 g/mol. The molecule has 0 saturated carbocycles. The molecule has 30 heavy (non-hydrogen) atoms. The Morgan fingerprint density at radius 1 is 1.07 bits per heavy atom. The molecule has 1 aromatic heterocycles. The molecule has 0 bridgehead atoms. The molecule has 5 heteroatoms. The maximum Gasteiger partial charge on any atom is 0.0878 e. The summed E-state index contributed by atoms with van der Waals surface area (Å²) in [5.74, 6) is 0.0442. The molecule has 0 radical (unpaired) electrons. The first-order valence-electron chi connectivity index (χ1n) is 10.1. The minimum absolute atomic E-state index is 0.0442. The van der Waals surface area contributed by atoms with Crippen LogP contribution in [0.25, 0.3) is 0 Å². The van der Waals surface area contributed by atoms with Gasteiger partial charge in [0.05, 0.1) is 12.3 Å². The van der Waals surface area contributed by atoms with Crippen LogP contribution in [0.15, 0.2) is 72.0 Å². The van der Waals surface area contributed by atoms with Crippen molar-refractivity contribution in [2.75, 3.05) is 25.1 Å². The Kier molecular flexibility index (Phi) is 7.20. The second kappa shape index (κ2) is 10.0. The van der Waals surface area contributed by atoms with Gasteiger partial charge >= 0.3 is 0 Å². The molecule has 3 aromatic rings. The predicted molar refractivity (Wildman–Crippen MR) is 122 cm³/mol. The molecular weight excluding hydrogens is 374 g/mol. The van der Waals surface area contributed by atoms with Gasteiger partial charge in [0.2, 0.25) is 0 Å². The summed E-state index contributed by atoms with van der Waals surface area (Å²) in [6.45, 7) is 4.74. The van der Waals surface area contributed by atoms with Crippen LogP contribution in [0.3, 0.4) is 0 Å². The number of likely N-dealkylation sites (N-methyl/N-ethyl adjacent to an activating group) is 1. The number of pyridine rings is 1. The molecule has 3 rings (SSSR count). The molecule has 0 saturated heterocycles. The molecule has 0 aliphatic carbocycles. The van der Waals surface area contributed by atoms with Crippen LogP contribution in [0.1, 0.15) is 40.3 Å². The standard InChI is InChI=1S/C25H29N3O2/c1-18-6-4-5-7-23(18)24(17-25(27-30)21-12-13-26-19(2)16-21)20-8-10-22(11-9-20)28(3)14-15-29/h4-13,16,24,29-30H,14-15,17H2,1-3H3/b27-25+. The van der Waals surface area contributed by atoms with Gasteiger partial charge in [0.15, 0.2) is 0 Å². The van der Waals surface area contributed by atoms with Gasteiger partial charge in [-0.1, -0.05) is 41.6 Å². The van der Waals surface area contributed by atoms with Gasteiger partial charge in [-0.3, -0.25) is 4.98 Å². The maximum atomic E-state index is 9.80. The second-order valence-electron chi connectivity index (χ2n) is 7.58. The first-order valence-corrected chi connectivity index (χ1v) is 10.1. The SMILES string of the molecule is Cc1cc(/C(CC(c2ccc(N(C)CCO)cc2)c2ccccc2C)=N/O)ccn1. The molecule has 1 heterocycles. The average Bonchev–Trinajstić information content (AvgIpc) is 2.76. The summed E-state index contributed by atoms with van der Waals surface area (Å²) >= 11 is 0. The number of anilines is 1. The highest BCUT2D eigenvalue weighted by atomic mass is 16.4. The number of aromatic nitrogens is 1. The topological polar surface area (TPSA) is 69.0 Å². The number of rotatable bonds is 8. The van der Waals surface area contributed by atoms with Crippen molar-refractivity contribution in [2.24, 2.45) is 5.16 Å². The number of nitrogens with zero attached hydrogens (tertiary/aromatic N) is 3. The van der Waals surface area contributed by atoms with Crippen molar-refractivity contribution >= 4 is 11.4 Å². The van der Waals surface area contributed by atoms with E-state index in [0.29, 0.717) is 18.7 Å². The van der Waals surface area contributed by atoms with E-state index in [0.717, 1.165) is 22.5 Å². The van der Waals surface area contributed by atoms with Crippen molar-refractivity contribution in [3.63, 3.8) is 0 Å². The van der Waals surface area contributed by atoms with Gasteiger partial charge in [0.1, 0.15) is 0 Å². The zero-order valence-corrected chi connectivity index (χ0v) is 17.8. The molecule has 0 aliphatic rings. The van der Waals surface area contributed by atoms with Crippen LogP contribution >= 0.6 is 0 Å². The molecule has 0 fully saturated rings. The fraction of sp³-hybridized carbons (Fsp3) is 0.280. The van der Waals surface area contributed by atoms with E-state index in [2.05, 4.69) is 53.5 Å². The first kappa shape index (κ1) is 21.5. The van der Waals surface area contributed by atoms with E-state index in [1.54, 1.807) is 6.20 Å². The number of hydrogen-bond acceptors (Lipinski definition) is 5. The summed E-state index contributed by atoms with van der Waals surface area (Å²) in [6.07, 6.45) is 2.31. The minimum atomic E-state index is 0.0442. The highest BCUT2D eigenvalue weighted by molar-refractivity contribution is 6.01. The fourth-order valence-corrected chi connectivity index (χ4v) is 3.76. The number of aliphatic hydroxyl groups excluding tert-OH is 1. The summed E-state index contributed by atoms with van der Waals surface area (Å²) in [6, 6.07) is 20.5. The van der Waals surface area contributed by atoms with E-state index in [1.165, 1.54) is 11.1 Å². The summed E-state index contributed by atoms with van der Waals surface area (Å²) in [5, 5.41) is 22.6. The monoisotopic (exact) mass is 403 g/mol. The highest BCUT2D eigenvalue weighted by Crippen LogP contribution is 2.33. The Bertz CT molecular complexity index is 999. The lowest BCUT2D eigenvalue weighted by molar-refractivity contribution is 0.304. The third-order valence-electron chi connectivity index (χ3n) is 5.48. The number of aliphatic hydroxyl groups is 1. The molecule has 1 unspecified atom stereocenters. The van der Waals surface area contributed by atoms with Gasteiger partial charge in [-0.15, -0.1) is 0 Å².